The van der Waals surface area contributed by atoms with Gasteiger partial charge in [0.2, 0.25) is 11.8 Å². The molecule has 0 atom stereocenters. The third kappa shape index (κ3) is 4.33. The average molecular weight is 344 g/mol. The van der Waals surface area contributed by atoms with Gasteiger partial charge >= 0.3 is 6.01 Å². The van der Waals surface area contributed by atoms with Crippen molar-refractivity contribution in [2.75, 3.05) is 11.9 Å². The number of hydrogen-bond acceptors (Lipinski definition) is 5. The summed E-state index contributed by atoms with van der Waals surface area (Å²) in [6, 6.07) is 16.3. The molecule has 0 radical (unpaired) electrons. The van der Waals surface area contributed by atoms with E-state index < -0.39 is 0 Å². The number of nitrogens with one attached hydrogen (secondary N) is 1. The molecule has 0 saturated carbocycles. The van der Waals surface area contributed by atoms with Crippen molar-refractivity contribution in [3.63, 3.8) is 0 Å². The van der Waals surface area contributed by atoms with E-state index in [9.17, 15) is 4.79 Å². The van der Waals surface area contributed by atoms with E-state index in [1.54, 1.807) is 24.3 Å². The molecular weight excluding hydrogens is 330 g/mol. The minimum Gasteiger partial charge on any atom is -0.493 e. The molecule has 2 aromatic carbocycles. The van der Waals surface area contributed by atoms with E-state index in [0.29, 0.717) is 16.7 Å². The molecule has 0 unspecified atom stereocenters. The molecule has 6 nitrogen and oxygen atoms in total. The Hall–Kier alpha value is -2.86. The topological polar surface area (TPSA) is 77.2 Å². The van der Waals surface area contributed by atoms with Crippen LogP contribution in [0.1, 0.15) is 6.42 Å². The van der Waals surface area contributed by atoms with Gasteiger partial charge in [0.25, 0.3) is 0 Å². The lowest BCUT2D eigenvalue weighted by Gasteiger charge is -2.04. The molecule has 0 spiro atoms. The van der Waals surface area contributed by atoms with Crippen LogP contribution in [0.5, 0.6) is 5.75 Å². The largest absolute Gasteiger partial charge is 0.493 e. The summed E-state index contributed by atoms with van der Waals surface area (Å²) < 4.78 is 10.9. The third-order valence-electron chi connectivity index (χ3n) is 3.10. The van der Waals surface area contributed by atoms with Crippen LogP contribution in [0.3, 0.4) is 0 Å². The average Bonchev–Trinajstić information content (AvgIpc) is 3.05. The van der Waals surface area contributed by atoms with Crippen LogP contribution in [-0.4, -0.2) is 22.7 Å². The molecule has 0 saturated heterocycles. The van der Waals surface area contributed by atoms with E-state index in [4.69, 9.17) is 20.8 Å². The Bertz CT molecular complexity index is 803. The lowest BCUT2D eigenvalue weighted by molar-refractivity contribution is -0.116. The van der Waals surface area contributed by atoms with Crippen LogP contribution >= 0.6 is 11.6 Å². The zero-order chi connectivity index (χ0) is 16.8. The van der Waals surface area contributed by atoms with Crippen molar-refractivity contribution < 1.29 is 13.9 Å². The number of amides is 1. The van der Waals surface area contributed by atoms with Crippen LogP contribution in [0.25, 0.3) is 11.5 Å². The number of ether oxygens (including phenoxy) is 1. The first-order chi connectivity index (χ1) is 11.7. The molecule has 0 aliphatic heterocycles. The predicted molar refractivity (Wildman–Crippen MR) is 89.9 cm³/mol. The van der Waals surface area contributed by atoms with Crippen LogP contribution < -0.4 is 10.1 Å². The van der Waals surface area contributed by atoms with E-state index >= 15 is 0 Å². The number of benzene rings is 2. The van der Waals surface area contributed by atoms with E-state index in [2.05, 4.69) is 15.5 Å². The molecule has 0 aliphatic rings. The number of aromatic nitrogens is 2. The number of rotatable bonds is 6. The van der Waals surface area contributed by atoms with Gasteiger partial charge in [0.15, 0.2) is 0 Å². The second kappa shape index (κ2) is 7.61. The van der Waals surface area contributed by atoms with Crippen LogP contribution in [0.2, 0.25) is 5.02 Å². The summed E-state index contributed by atoms with van der Waals surface area (Å²) in [7, 11) is 0. The molecule has 3 aromatic rings. The summed E-state index contributed by atoms with van der Waals surface area (Å²) in [5.41, 5.74) is 0.722. The van der Waals surface area contributed by atoms with Crippen molar-refractivity contribution >= 4 is 23.5 Å². The van der Waals surface area contributed by atoms with Gasteiger partial charge in [-0.1, -0.05) is 34.9 Å². The van der Waals surface area contributed by atoms with Crippen LogP contribution in [0, 0.1) is 0 Å². The molecule has 1 heterocycles. The Kier molecular flexibility index (Phi) is 5.08. The number of nitrogens with zero attached hydrogens (tertiary/aromatic N) is 2. The van der Waals surface area contributed by atoms with Gasteiger partial charge in [-0.2, -0.15) is 0 Å². The monoisotopic (exact) mass is 343 g/mol. The maximum atomic E-state index is 11.9. The predicted octanol–water partition coefficient (Wildman–Crippen LogP) is 3.80. The van der Waals surface area contributed by atoms with Gasteiger partial charge in [0.05, 0.1) is 13.0 Å². The quantitative estimate of drug-likeness (QED) is 0.736. The fourth-order valence-corrected chi connectivity index (χ4v) is 2.07. The lowest BCUT2D eigenvalue weighted by atomic mass is 10.2. The number of halogens is 1. The van der Waals surface area contributed by atoms with E-state index in [1.807, 2.05) is 30.3 Å². The number of anilines is 1. The molecule has 1 amide bonds. The first kappa shape index (κ1) is 16.0. The Labute approximate surface area is 143 Å². The van der Waals surface area contributed by atoms with Crippen molar-refractivity contribution in [1.29, 1.82) is 0 Å². The van der Waals surface area contributed by atoms with Gasteiger partial charge in [0, 0.05) is 10.6 Å². The van der Waals surface area contributed by atoms with E-state index in [0.717, 1.165) is 5.56 Å². The number of hydrogen-bond donors (Lipinski definition) is 1. The van der Waals surface area contributed by atoms with Crippen molar-refractivity contribution in [3.05, 3.63) is 59.6 Å². The zero-order valence-corrected chi connectivity index (χ0v) is 13.4. The SMILES string of the molecule is O=C(CCOc1ccccc1)Nc1nnc(-c2ccc(Cl)cc2)o1. The highest BCUT2D eigenvalue weighted by molar-refractivity contribution is 6.30. The van der Waals surface area contributed by atoms with Crippen molar-refractivity contribution in [2.45, 2.75) is 6.42 Å². The Balaban J connectivity index is 1.51. The zero-order valence-electron chi connectivity index (χ0n) is 12.6. The molecule has 3 rings (SSSR count). The lowest BCUT2D eigenvalue weighted by Crippen LogP contribution is -2.15. The summed E-state index contributed by atoms with van der Waals surface area (Å²) in [5, 5.41) is 10.9. The third-order valence-corrected chi connectivity index (χ3v) is 3.36. The van der Waals surface area contributed by atoms with Gasteiger partial charge in [-0.15, -0.1) is 5.10 Å². The van der Waals surface area contributed by atoms with Crippen LogP contribution in [-0.2, 0) is 4.79 Å². The van der Waals surface area contributed by atoms with Crippen molar-refractivity contribution in [1.82, 2.24) is 10.2 Å². The maximum absolute atomic E-state index is 11.9. The number of para-hydroxylation sites is 1. The molecule has 122 valence electrons. The summed E-state index contributed by atoms with van der Waals surface area (Å²) in [4.78, 5) is 11.9. The van der Waals surface area contributed by atoms with Gasteiger partial charge in [-0.05, 0) is 36.4 Å². The molecule has 1 N–H and O–H groups in total. The van der Waals surface area contributed by atoms with Gasteiger partial charge < -0.3 is 9.15 Å². The molecule has 7 heteroatoms. The number of carbonyl (C=O) groups excluding carboxylic acids is 1. The normalized spacial score (nSPS) is 10.4. The summed E-state index contributed by atoms with van der Waals surface area (Å²) >= 11 is 5.83. The smallest absolute Gasteiger partial charge is 0.322 e. The van der Waals surface area contributed by atoms with E-state index in [1.165, 1.54) is 0 Å². The van der Waals surface area contributed by atoms with Crippen molar-refractivity contribution in [3.8, 4) is 17.2 Å². The first-order valence-corrected chi connectivity index (χ1v) is 7.65. The van der Waals surface area contributed by atoms with E-state index in [-0.39, 0.29) is 24.9 Å². The minimum atomic E-state index is -0.266. The second-order valence-electron chi connectivity index (χ2n) is 4.88. The fourth-order valence-electron chi connectivity index (χ4n) is 1.94. The highest BCUT2D eigenvalue weighted by Crippen LogP contribution is 2.21. The maximum Gasteiger partial charge on any atom is 0.322 e. The minimum absolute atomic E-state index is 0.0460. The fraction of sp³-hybridized carbons (Fsp3) is 0.118. The molecule has 0 bridgehead atoms. The molecular formula is C17H14ClN3O3. The Morgan fingerprint density at radius 2 is 1.83 bits per heavy atom. The Morgan fingerprint density at radius 1 is 1.08 bits per heavy atom. The summed E-state index contributed by atoms with van der Waals surface area (Å²) in [6.45, 7) is 0.258. The second-order valence-corrected chi connectivity index (χ2v) is 5.32. The van der Waals surface area contributed by atoms with Crippen LogP contribution in [0.15, 0.2) is 59.0 Å². The summed E-state index contributed by atoms with van der Waals surface area (Å²) in [5.74, 6) is 0.757. The molecule has 1 aromatic heterocycles. The molecule has 0 fully saturated rings. The first-order valence-electron chi connectivity index (χ1n) is 7.28. The van der Waals surface area contributed by atoms with Gasteiger partial charge in [-0.3, -0.25) is 10.1 Å². The highest BCUT2D eigenvalue weighted by Gasteiger charge is 2.11. The standard InChI is InChI=1S/C17H14ClN3O3/c18-13-8-6-12(7-9-13)16-20-21-17(24-16)19-15(22)10-11-23-14-4-2-1-3-5-14/h1-9H,10-11H2,(H,19,21,22). The van der Waals surface area contributed by atoms with Crippen molar-refractivity contribution in [2.24, 2.45) is 0 Å². The summed E-state index contributed by atoms with van der Waals surface area (Å²) in [6.07, 6.45) is 0.174. The Morgan fingerprint density at radius 3 is 2.58 bits per heavy atom. The van der Waals surface area contributed by atoms with Crippen LogP contribution in [0.4, 0.5) is 6.01 Å². The molecule has 24 heavy (non-hydrogen) atoms. The number of carbonyl (C=O) groups is 1. The van der Waals surface area contributed by atoms with Gasteiger partial charge in [-0.25, -0.2) is 0 Å². The highest BCUT2D eigenvalue weighted by atomic mass is 35.5. The van der Waals surface area contributed by atoms with Gasteiger partial charge in [0.1, 0.15) is 5.75 Å². The molecule has 0 aliphatic carbocycles.